The second-order valence-electron chi connectivity index (χ2n) is 9.90. The van der Waals surface area contributed by atoms with E-state index in [9.17, 15) is 23.9 Å². The molecule has 34 heavy (non-hydrogen) atoms. The summed E-state index contributed by atoms with van der Waals surface area (Å²) < 4.78 is 15.4. The standard InChI is InChI=1S/C26H32FN3O4/c1-15-14-18(7-8-19(15)27)29-24(32)21-16(2)22(30-13-5-4-6-20(21)30)23(31)25(33)28-17-9-11-26(3,34)12-10-17/h7-8,14,17,34H,4-6,9-13H2,1-3H3,(H,28,33)(H,29,32)/t17-,26-. The Morgan fingerprint density at radius 1 is 1.15 bits per heavy atom. The van der Waals surface area contributed by atoms with Gasteiger partial charge in [-0.2, -0.15) is 0 Å². The Balaban J connectivity index is 1.58. The summed E-state index contributed by atoms with van der Waals surface area (Å²) in [7, 11) is 0. The number of aromatic nitrogens is 1. The molecule has 0 spiro atoms. The molecule has 2 aromatic rings. The lowest BCUT2D eigenvalue weighted by Crippen LogP contribution is -2.44. The number of hydrogen-bond acceptors (Lipinski definition) is 4. The van der Waals surface area contributed by atoms with Crippen molar-refractivity contribution in [3.05, 3.63) is 52.1 Å². The highest BCUT2D eigenvalue weighted by molar-refractivity contribution is 6.43. The van der Waals surface area contributed by atoms with Gasteiger partial charge in [0.05, 0.1) is 16.9 Å². The molecule has 1 fully saturated rings. The van der Waals surface area contributed by atoms with Gasteiger partial charge in [-0.05, 0) is 95.0 Å². The van der Waals surface area contributed by atoms with Crippen molar-refractivity contribution in [2.45, 2.75) is 83.9 Å². The number of carbonyl (C=O) groups is 3. The molecule has 1 saturated carbocycles. The number of benzene rings is 1. The third kappa shape index (κ3) is 4.78. The summed E-state index contributed by atoms with van der Waals surface area (Å²) >= 11 is 0. The summed E-state index contributed by atoms with van der Waals surface area (Å²) in [5, 5.41) is 15.8. The third-order valence-electron chi connectivity index (χ3n) is 7.12. The molecule has 7 nitrogen and oxygen atoms in total. The Labute approximate surface area is 198 Å². The van der Waals surface area contributed by atoms with Crippen molar-refractivity contribution in [3.8, 4) is 0 Å². The predicted octanol–water partition coefficient (Wildman–Crippen LogP) is 3.83. The number of aliphatic hydroxyl groups is 1. The molecule has 0 radical (unpaired) electrons. The van der Waals surface area contributed by atoms with Crippen molar-refractivity contribution in [2.24, 2.45) is 0 Å². The number of anilines is 1. The number of nitrogens with one attached hydrogen (secondary N) is 2. The average molecular weight is 470 g/mol. The van der Waals surface area contributed by atoms with Crippen LogP contribution >= 0.6 is 0 Å². The van der Waals surface area contributed by atoms with Crippen molar-refractivity contribution in [2.75, 3.05) is 5.32 Å². The maximum absolute atomic E-state index is 13.6. The summed E-state index contributed by atoms with van der Waals surface area (Å²) in [6.45, 7) is 5.68. The first kappa shape index (κ1) is 24.1. The molecule has 8 heteroatoms. The lowest BCUT2D eigenvalue weighted by Gasteiger charge is -2.33. The zero-order chi connectivity index (χ0) is 24.6. The normalized spacial score (nSPS) is 22.1. The number of amides is 2. The van der Waals surface area contributed by atoms with Crippen LogP contribution in [0, 0.1) is 19.7 Å². The zero-order valence-corrected chi connectivity index (χ0v) is 20.0. The topological polar surface area (TPSA) is 100 Å². The van der Waals surface area contributed by atoms with E-state index in [1.165, 1.54) is 12.1 Å². The van der Waals surface area contributed by atoms with E-state index in [4.69, 9.17) is 0 Å². The molecule has 2 aliphatic rings. The number of hydrogen-bond donors (Lipinski definition) is 3. The molecule has 4 rings (SSSR count). The molecule has 0 bridgehead atoms. The van der Waals surface area contributed by atoms with Gasteiger partial charge in [0, 0.05) is 24.0 Å². The Morgan fingerprint density at radius 2 is 1.85 bits per heavy atom. The lowest BCUT2D eigenvalue weighted by atomic mass is 9.83. The van der Waals surface area contributed by atoms with Crippen LogP contribution in [0.4, 0.5) is 10.1 Å². The van der Waals surface area contributed by atoms with Crippen LogP contribution in [0.15, 0.2) is 18.2 Å². The third-order valence-corrected chi connectivity index (χ3v) is 7.12. The quantitative estimate of drug-likeness (QED) is 0.458. The summed E-state index contributed by atoms with van der Waals surface area (Å²) in [6, 6.07) is 4.21. The van der Waals surface area contributed by atoms with Gasteiger partial charge in [0.15, 0.2) is 0 Å². The summed E-state index contributed by atoms with van der Waals surface area (Å²) in [6.07, 6.45) is 4.75. The molecule has 1 aromatic heterocycles. The first-order valence-corrected chi connectivity index (χ1v) is 11.9. The van der Waals surface area contributed by atoms with Crippen molar-refractivity contribution >= 4 is 23.3 Å². The van der Waals surface area contributed by atoms with Crippen LogP contribution < -0.4 is 10.6 Å². The maximum atomic E-state index is 13.6. The molecule has 1 aliphatic heterocycles. The van der Waals surface area contributed by atoms with E-state index >= 15 is 0 Å². The summed E-state index contributed by atoms with van der Waals surface area (Å²) in [4.78, 5) is 39.4. The summed E-state index contributed by atoms with van der Waals surface area (Å²) in [5.41, 5.74) is 2.07. The second-order valence-corrected chi connectivity index (χ2v) is 9.90. The van der Waals surface area contributed by atoms with E-state index < -0.39 is 17.3 Å². The van der Waals surface area contributed by atoms with Gasteiger partial charge < -0.3 is 20.3 Å². The van der Waals surface area contributed by atoms with Crippen LogP contribution in [0.25, 0.3) is 0 Å². The number of rotatable bonds is 5. The fourth-order valence-electron chi connectivity index (χ4n) is 5.13. The van der Waals surface area contributed by atoms with Gasteiger partial charge in [-0.15, -0.1) is 0 Å². The van der Waals surface area contributed by atoms with Crippen LogP contribution in [0.5, 0.6) is 0 Å². The van der Waals surface area contributed by atoms with Crippen molar-refractivity contribution in [1.82, 2.24) is 9.88 Å². The molecule has 1 aliphatic carbocycles. The van der Waals surface area contributed by atoms with E-state index in [1.54, 1.807) is 26.8 Å². The highest BCUT2D eigenvalue weighted by Crippen LogP contribution is 2.31. The minimum atomic E-state index is -0.728. The number of fused-ring (bicyclic) bond motifs is 1. The van der Waals surface area contributed by atoms with Crippen LogP contribution in [0.2, 0.25) is 0 Å². The molecule has 2 heterocycles. The molecule has 0 unspecified atom stereocenters. The SMILES string of the molecule is Cc1cc(NC(=O)c2c(C)c(C(=O)C(=O)N[C@H]3CC[C@](C)(O)CC3)n3c2CCCC3)ccc1F. The van der Waals surface area contributed by atoms with Gasteiger partial charge in [0.2, 0.25) is 0 Å². The molecule has 0 atom stereocenters. The van der Waals surface area contributed by atoms with E-state index in [2.05, 4.69) is 10.6 Å². The fraction of sp³-hybridized carbons (Fsp3) is 0.500. The highest BCUT2D eigenvalue weighted by atomic mass is 19.1. The second kappa shape index (κ2) is 9.33. The van der Waals surface area contributed by atoms with Gasteiger partial charge in [-0.1, -0.05) is 0 Å². The van der Waals surface area contributed by atoms with Gasteiger partial charge in [-0.3, -0.25) is 14.4 Å². The maximum Gasteiger partial charge on any atom is 0.294 e. The van der Waals surface area contributed by atoms with Crippen LogP contribution in [0.3, 0.4) is 0 Å². The molecular formula is C26H32FN3O4. The van der Waals surface area contributed by atoms with E-state index in [0.29, 0.717) is 61.0 Å². The number of nitrogens with zero attached hydrogens (tertiary/aromatic N) is 1. The lowest BCUT2D eigenvalue weighted by molar-refractivity contribution is -0.118. The first-order valence-electron chi connectivity index (χ1n) is 11.9. The predicted molar refractivity (Wildman–Crippen MR) is 127 cm³/mol. The first-order chi connectivity index (χ1) is 16.1. The molecule has 2 amide bonds. The van der Waals surface area contributed by atoms with Gasteiger partial charge in [0.25, 0.3) is 17.6 Å². The number of halogens is 1. The minimum absolute atomic E-state index is 0.155. The van der Waals surface area contributed by atoms with Crippen molar-refractivity contribution < 1.29 is 23.9 Å². The Morgan fingerprint density at radius 3 is 2.53 bits per heavy atom. The number of Topliss-reactive ketones (excluding diaryl/α,β-unsaturated/α-hetero) is 1. The van der Waals surface area contributed by atoms with Gasteiger partial charge in [-0.25, -0.2) is 4.39 Å². The van der Waals surface area contributed by atoms with Crippen LogP contribution in [-0.2, 0) is 17.8 Å². The van der Waals surface area contributed by atoms with Crippen molar-refractivity contribution in [1.29, 1.82) is 0 Å². The van der Waals surface area contributed by atoms with E-state index in [-0.39, 0.29) is 23.5 Å². The summed E-state index contributed by atoms with van der Waals surface area (Å²) in [5.74, 6) is -2.05. The Kier molecular flexibility index (Phi) is 6.62. The smallest absolute Gasteiger partial charge is 0.294 e. The molecule has 0 saturated heterocycles. The fourth-order valence-corrected chi connectivity index (χ4v) is 5.13. The van der Waals surface area contributed by atoms with Crippen LogP contribution in [0.1, 0.15) is 83.1 Å². The number of ketones is 1. The monoisotopic (exact) mass is 469 g/mol. The average Bonchev–Trinajstić information content (AvgIpc) is 3.09. The minimum Gasteiger partial charge on any atom is -0.390 e. The van der Waals surface area contributed by atoms with E-state index in [1.807, 2.05) is 4.57 Å². The van der Waals surface area contributed by atoms with Crippen molar-refractivity contribution in [3.63, 3.8) is 0 Å². The van der Waals surface area contributed by atoms with Crippen LogP contribution in [-0.4, -0.2) is 38.9 Å². The molecule has 3 N–H and O–H groups in total. The Hall–Kier alpha value is -3.00. The molecular weight excluding hydrogens is 437 g/mol. The van der Waals surface area contributed by atoms with Gasteiger partial charge >= 0.3 is 0 Å². The highest BCUT2D eigenvalue weighted by Gasteiger charge is 2.34. The van der Waals surface area contributed by atoms with E-state index in [0.717, 1.165) is 18.5 Å². The Bertz CT molecular complexity index is 1140. The molecule has 182 valence electrons. The zero-order valence-electron chi connectivity index (χ0n) is 20.0. The number of aryl methyl sites for hydroxylation is 1. The number of carbonyl (C=O) groups excluding carboxylic acids is 3. The largest absolute Gasteiger partial charge is 0.390 e. The van der Waals surface area contributed by atoms with Gasteiger partial charge in [0.1, 0.15) is 5.82 Å². The molecule has 1 aromatic carbocycles.